The van der Waals surface area contributed by atoms with E-state index in [1.165, 1.54) is 57.9 Å². The second-order valence-corrected chi connectivity index (χ2v) is 6.66. The minimum Gasteiger partial charge on any atom is -0.352 e. The van der Waals surface area contributed by atoms with Crippen molar-refractivity contribution in [3.8, 4) is 0 Å². The molecule has 4 nitrogen and oxygen atoms in total. The lowest BCUT2D eigenvalue weighted by atomic mass is 9.98. The molecule has 0 spiro atoms. The zero-order valence-electron chi connectivity index (χ0n) is 13.0. The Labute approximate surface area is 123 Å². The van der Waals surface area contributed by atoms with E-state index in [-0.39, 0.29) is 5.91 Å². The van der Waals surface area contributed by atoms with Crippen molar-refractivity contribution >= 4 is 5.91 Å². The summed E-state index contributed by atoms with van der Waals surface area (Å²) in [5, 5.41) is 6.54. The van der Waals surface area contributed by atoms with Crippen LogP contribution in [0.25, 0.3) is 0 Å². The molecule has 1 saturated heterocycles. The van der Waals surface area contributed by atoms with Crippen LogP contribution in [0.4, 0.5) is 0 Å². The molecule has 1 unspecified atom stereocenters. The molecule has 1 aliphatic heterocycles. The molecule has 2 fully saturated rings. The van der Waals surface area contributed by atoms with Gasteiger partial charge in [-0.3, -0.25) is 4.79 Å². The van der Waals surface area contributed by atoms with Gasteiger partial charge in [-0.1, -0.05) is 25.7 Å². The Morgan fingerprint density at radius 1 is 1.10 bits per heavy atom. The molecule has 0 bridgehead atoms. The van der Waals surface area contributed by atoms with Crippen molar-refractivity contribution < 1.29 is 4.79 Å². The minimum absolute atomic E-state index is 0.182. The first-order chi connectivity index (χ1) is 9.74. The van der Waals surface area contributed by atoms with Crippen molar-refractivity contribution in [3.05, 3.63) is 0 Å². The molecular formula is C16H31N3O. The molecule has 116 valence electrons. The van der Waals surface area contributed by atoms with Crippen LogP contribution < -0.4 is 10.6 Å². The second kappa shape index (κ2) is 8.63. The second-order valence-electron chi connectivity index (χ2n) is 6.66. The van der Waals surface area contributed by atoms with E-state index in [1.807, 2.05) is 0 Å². The first-order valence-corrected chi connectivity index (χ1v) is 8.42. The van der Waals surface area contributed by atoms with Crippen LogP contribution in [-0.4, -0.2) is 50.1 Å². The molecule has 0 aromatic carbocycles. The SMILES string of the molecule is CN1CCCC(CNCC(=O)NC2CCCCCC2)C1. The van der Waals surface area contributed by atoms with Crippen molar-refractivity contribution in [2.45, 2.75) is 57.4 Å². The lowest BCUT2D eigenvalue weighted by molar-refractivity contribution is -0.121. The number of rotatable bonds is 5. The summed E-state index contributed by atoms with van der Waals surface area (Å²) in [4.78, 5) is 14.3. The van der Waals surface area contributed by atoms with Gasteiger partial charge in [0, 0.05) is 12.6 Å². The van der Waals surface area contributed by atoms with Gasteiger partial charge in [0.05, 0.1) is 6.54 Å². The number of carbonyl (C=O) groups excluding carboxylic acids is 1. The van der Waals surface area contributed by atoms with Crippen LogP contribution in [0.2, 0.25) is 0 Å². The van der Waals surface area contributed by atoms with Gasteiger partial charge < -0.3 is 15.5 Å². The largest absolute Gasteiger partial charge is 0.352 e. The molecule has 20 heavy (non-hydrogen) atoms. The van der Waals surface area contributed by atoms with E-state index in [0.29, 0.717) is 18.5 Å². The van der Waals surface area contributed by atoms with Crippen molar-refractivity contribution in [1.29, 1.82) is 0 Å². The number of nitrogens with zero attached hydrogens (tertiary/aromatic N) is 1. The van der Waals surface area contributed by atoms with Crippen LogP contribution in [0, 0.1) is 5.92 Å². The highest BCUT2D eigenvalue weighted by atomic mass is 16.1. The van der Waals surface area contributed by atoms with Crippen LogP contribution in [0.1, 0.15) is 51.4 Å². The lowest BCUT2D eigenvalue weighted by Gasteiger charge is -2.29. The van der Waals surface area contributed by atoms with Crippen LogP contribution in [0.15, 0.2) is 0 Å². The maximum atomic E-state index is 11.9. The van der Waals surface area contributed by atoms with E-state index in [1.54, 1.807) is 0 Å². The lowest BCUT2D eigenvalue weighted by Crippen LogP contribution is -2.43. The van der Waals surface area contributed by atoms with Crippen LogP contribution in [-0.2, 0) is 4.79 Å². The number of likely N-dealkylation sites (tertiary alicyclic amines) is 1. The fourth-order valence-electron chi connectivity index (χ4n) is 3.53. The average molecular weight is 281 g/mol. The third-order valence-corrected chi connectivity index (χ3v) is 4.66. The van der Waals surface area contributed by atoms with E-state index < -0.39 is 0 Å². The van der Waals surface area contributed by atoms with Crippen molar-refractivity contribution in [2.24, 2.45) is 5.92 Å². The van der Waals surface area contributed by atoms with Gasteiger partial charge in [0.25, 0.3) is 0 Å². The summed E-state index contributed by atoms with van der Waals surface area (Å²) in [5.74, 6) is 0.889. The minimum atomic E-state index is 0.182. The standard InChI is InChI=1S/C16H31N3O/c1-19-10-6-7-14(13-19)11-17-12-16(20)18-15-8-4-2-3-5-9-15/h14-15,17H,2-13H2,1H3,(H,18,20). The highest BCUT2D eigenvalue weighted by molar-refractivity contribution is 5.78. The smallest absolute Gasteiger partial charge is 0.234 e. The van der Waals surface area contributed by atoms with Crippen molar-refractivity contribution in [2.75, 3.05) is 33.2 Å². The molecule has 0 radical (unpaired) electrons. The molecule has 1 saturated carbocycles. The Bertz CT molecular complexity index is 287. The Hall–Kier alpha value is -0.610. The number of hydrogen-bond donors (Lipinski definition) is 2. The zero-order valence-corrected chi connectivity index (χ0v) is 13.0. The third-order valence-electron chi connectivity index (χ3n) is 4.66. The van der Waals surface area contributed by atoms with Gasteiger partial charge in [0.1, 0.15) is 0 Å². The zero-order chi connectivity index (χ0) is 14.2. The number of hydrogen-bond acceptors (Lipinski definition) is 3. The Kier molecular flexibility index (Phi) is 6.80. The Balaban J connectivity index is 1.57. The molecule has 1 aliphatic carbocycles. The number of piperidine rings is 1. The highest BCUT2D eigenvalue weighted by Gasteiger charge is 2.18. The topological polar surface area (TPSA) is 44.4 Å². The van der Waals surface area contributed by atoms with Gasteiger partial charge in [-0.2, -0.15) is 0 Å². The van der Waals surface area contributed by atoms with Crippen molar-refractivity contribution in [1.82, 2.24) is 15.5 Å². The summed E-state index contributed by atoms with van der Waals surface area (Å²) in [6.45, 7) is 3.84. The number of carbonyl (C=O) groups is 1. The van der Waals surface area contributed by atoms with E-state index >= 15 is 0 Å². The van der Waals surface area contributed by atoms with Gasteiger partial charge in [-0.05, 0) is 51.7 Å². The van der Waals surface area contributed by atoms with Crippen LogP contribution in [0.3, 0.4) is 0 Å². The maximum Gasteiger partial charge on any atom is 0.234 e. The molecular weight excluding hydrogens is 250 g/mol. The van der Waals surface area contributed by atoms with Gasteiger partial charge in [-0.15, -0.1) is 0 Å². The summed E-state index contributed by atoms with van der Waals surface area (Å²) in [6, 6.07) is 0.424. The fraction of sp³-hybridized carbons (Fsp3) is 0.938. The quantitative estimate of drug-likeness (QED) is 0.755. The molecule has 2 aliphatic rings. The van der Waals surface area contributed by atoms with Crippen molar-refractivity contribution in [3.63, 3.8) is 0 Å². The van der Waals surface area contributed by atoms with Gasteiger partial charge in [-0.25, -0.2) is 0 Å². The van der Waals surface area contributed by atoms with Gasteiger partial charge in [0.2, 0.25) is 5.91 Å². The summed E-state index contributed by atoms with van der Waals surface area (Å²) in [7, 11) is 2.19. The molecule has 0 aromatic rings. The third kappa shape index (κ3) is 5.80. The van der Waals surface area contributed by atoms with E-state index in [4.69, 9.17) is 0 Å². The highest BCUT2D eigenvalue weighted by Crippen LogP contribution is 2.17. The predicted molar refractivity (Wildman–Crippen MR) is 82.7 cm³/mol. The Morgan fingerprint density at radius 2 is 1.85 bits per heavy atom. The fourth-order valence-corrected chi connectivity index (χ4v) is 3.53. The number of nitrogens with one attached hydrogen (secondary N) is 2. The van der Waals surface area contributed by atoms with E-state index in [2.05, 4.69) is 22.6 Å². The molecule has 1 atom stereocenters. The maximum absolute atomic E-state index is 11.9. The molecule has 2 N–H and O–H groups in total. The van der Waals surface area contributed by atoms with E-state index in [9.17, 15) is 4.79 Å². The summed E-state index contributed by atoms with van der Waals surface area (Å²) >= 11 is 0. The predicted octanol–water partition coefficient (Wildman–Crippen LogP) is 1.76. The average Bonchev–Trinajstić information content (AvgIpc) is 2.67. The van der Waals surface area contributed by atoms with Gasteiger partial charge in [0.15, 0.2) is 0 Å². The molecule has 0 aromatic heterocycles. The number of amides is 1. The van der Waals surface area contributed by atoms with E-state index in [0.717, 1.165) is 13.1 Å². The molecule has 2 rings (SSSR count). The monoisotopic (exact) mass is 281 g/mol. The normalized spacial score (nSPS) is 26.1. The van der Waals surface area contributed by atoms with Crippen LogP contribution in [0.5, 0.6) is 0 Å². The van der Waals surface area contributed by atoms with Gasteiger partial charge >= 0.3 is 0 Å². The summed E-state index contributed by atoms with van der Waals surface area (Å²) < 4.78 is 0. The first-order valence-electron chi connectivity index (χ1n) is 8.42. The molecule has 1 amide bonds. The first kappa shape index (κ1) is 15.8. The summed E-state index contributed by atoms with van der Waals surface area (Å²) in [5.41, 5.74) is 0. The molecule has 4 heteroatoms. The van der Waals surface area contributed by atoms with Crippen LogP contribution >= 0.6 is 0 Å². The Morgan fingerprint density at radius 3 is 2.55 bits per heavy atom. The molecule has 1 heterocycles. The summed E-state index contributed by atoms with van der Waals surface area (Å²) in [6.07, 6.45) is 10.1.